The largest absolute Gasteiger partial charge is 0.472 e. The van der Waals surface area contributed by atoms with E-state index in [9.17, 15) is 4.39 Å². The number of halogens is 1. The third-order valence-corrected chi connectivity index (χ3v) is 3.31. The van der Waals surface area contributed by atoms with Gasteiger partial charge in [-0.1, -0.05) is 0 Å². The molecule has 0 amide bonds. The maximum absolute atomic E-state index is 13.2. The molecular formula is C15H14FNO2. The molecule has 0 aliphatic carbocycles. The van der Waals surface area contributed by atoms with Crippen LogP contribution in [0.2, 0.25) is 0 Å². The van der Waals surface area contributed by atoms with Crippen LogP contribution in [0, 0.1) is 12.7 Å². The molecule has 0 aliphatic rings. The molecule has 0 fully saturated rings. The number of rotatable bonds is 3. The van der Waals surface area contributed by atoms with Gasteiger partial charge in [-0.05, 0) is 43.2 Å². The zero-order valence-electron chi connectivity index (χ0n) is 10.5. The number of benzene rings is 1. The Morgan fingerprint density at radius 3 is 2.89 bits per heavy atom. The fourth-order valence-electron chi connectivity index (χ4n) is 2.32. The van der Waals surface area contributed by atoms with Crippen LogP contribution >= 0.6 is 0 Å². The first-order valence-corrected chi connectivity index (χ1v) is 6.10. The molecule has 3 aromatic rings. The van der Waals surface area contributed by atoms with E-state index in [1.165, 1.54) is 12.1 Å². The summed E-state index contributed by atoms with van der Waals surface area (Å²) in [4.78, 5) is 0. The molecule has 3 nitrogen and oxygen atoms in total. The van der Waals surface area contributed by atoms with Crippen LogP contribution in [0.15, 0.2) is 45.6 Å². The van der Waals surface area contributed by atoms with Gasteiger partial charge in [0, 0.05) is 10.9 Å². The molecule has 0 bridgehead atoms. The molecule has 2 aromatic heterocycles. The lowest BCUT2D eigenvalue weighted by Crippen LogP contribution is -2.13. The zero-order valence-corrected chi connectivity index (χ0v) is 10.5. The second-order valence-electron chi connectivity index (χ2n) is 4.67. The molecule has 1 unspecified atom stereocenters. The first-order chi connectivity index (χ1) is 9.15. The van der Waals surface area contributed by atoms with Crippen molar-refractivity contribution >= 4 is 11.0 Å². The molecule has 1 atom stereocenters. The Hall–Kier alpha value is -2.07. The molecule has 19 heavy (non-hydrogen) atoms. The predicted molar refractivity (Wildman–Crippen MR) is 70.2 cm³/mol. The van der Waals surface area contributed by atoms with Crippen molar-refractivity contribution in [3.8, 4) is 0 Å². The Bertz CT molecular complexity index is 700. The molecule has 4 heteroatoms. The lowest BCUT2D eigenvalue weighted by Gasteiger charge is -2.08. The van der Waals surface area contributed by atoms with E-state index in [-0.39, 0.29) is 11.9 Å². The van der Waals surface area contributed by atoms with Crippen LogP contribution in [0.25, 0.3) is 11.0 Å². The van der Waals surface area contributed by atoms with E-state index in [1.54, 1.807) is 18.6 Å². The molecule has 1 aromatic carbocycles. The summed E-state index contributed by atoms with van der Waals surface area (Å²) < 4.78 is 24.0. The molecule has 2 heterocycles. The first kappa shape index (κ1) is 12.0. The second-order valence-corrected chi connectivity index (χ2v) is 4.67. The molecule has 3 rings (SSSR count). The van der Waals surface area contributed by atoms with Gasteiger partial charge in [-0.15, -0.1) is 0 Å². The van der Waals surface area contributed by atoms with E-state index >= 15 is 0 Å². The Morgan fingerprint density at radius 2 is 2.16 bits per heavy atom. The molecule has 0 spiro atoms. The summed E-state index contributed by atoms with van der Waals surface area (Å²) in [6.07, 6.45) is 3.90. The third-order valence-electron chi connectivity index (χ3n) is 3.31. The van der Waals surface area contributed by atoms with E-state index < -0.39 is 0 Å². The summed E-state index contributed by atoms with van der Waals surface area (Å²) in [5.41, 5.74) is 8.73. The zero-order chi connectivity index (χ0) is 13.4. The van der Waals surface area contributed by atoms with Gasteiger partial charge in [0.15, 0.2) is 0 Å². The summed E-state index contributed by atoms with van der Waals surface area (Å²) >= 11 is 0. The maximum atomic E-state index is 13.2. The Kier molecular flexibility index (Phi) is 2.87. The quantitative estimate of drug-likeness (QED) is 0.780. The molecule has 0 saturated heterocycles. The van der Waals surface area contributed by atoms with E-state index in [2.05, 4.69) is 0 Å². The molecule has 0 aliphatic heterocycles. The minimum atomic E-state index is -0.272. The smallest absolute Gasteiger partial charge is 0.134 e. The monoisotopic (exact) mass is 259 g/mol. The minimum Gasteiger partial charge on any atom is -0.472 e. The molecule has 0 radical (unpaired) electrons. The van der Waals surface area contributed by atoms with Crippen LogP contribution in [0.5, 0.6) is 0 Å². The predicted octanol–water partition coefficient (Wildman–Crippen LogP) is 3.72. The highest BCUT2D eigenvalue weighted by molar-refractivity contribution is 5.82. The molecule has 0 saturated carbocycles. The van der Waals surface area contributed by atoms with Gasteiger partial charge in [-0.3, -0.25) is 0 Å². The number of aryl methyl sites for hydroxylation is 1. The highest BCUT2D eigenvalue weighted by atomic mass is 19.1. The maximum Gasteiger partial charge on any atom is 0.134 e. The van der Waals surface area contributed by atoms with Crippen LogP contribution in [0.1, 0.15) is 22.9 Å². The van der Waals surface area contributed by atoms with Gasteiger partial charge in [-0.25, -0.2) is 4.39 Å². The summed E-state index contributed by atoms with van der Waals surface area (Å²) in [6.45, 7) is 1.90. The van der Waals surface area contributed by atoms with Gasteiger partial charge in [-0.2, -0.15) is 0 Å². The average Bonchev–Trinajstić information content (AvgIpc) is 2.98. The average molecular weight is 259 g/mol. The fraction of sp³-hybridized carbons (Fsp3) is 0.200. The summed E-state index contributed by atoms with van der Waals surface area (Å²) in [5, 5.41) is 0.776. The molecule has 98 valence electrons. The van der Waals surface area contributed by atoms with Gasteiger partial charge >= 0.3 is 0 Å². The molecular weight excluding hydrogens is 245 g/mol. The van der Waals surface area contributed by atoms with Gasteiger partial charge < -0.3 is 14.6 Å². The minimum absolute atomic E-state index is 0.270. The van der Waals surface area contributed by atoms with Crippen molar-refractivity contribution in [2.45, 2.75) is 19.4 Å². The summed E-state index contributed by atoms with van der Waals surface area (Å²) in [6, 6.07) is 6.09. The van der Waals surface area contributed by atoms with E-state index in [1.807, 2.05) is 13.0 Å². The summed E-state index contributed by atoms with van der Waals surface area (Å²) in [7, 11) is 0. The van der Waals surface area contributed by atoms with Crippen molar-refractivity contribution in [3.63, 3.8) is 0 Å². The van der Waals surface area contributed by atoms with Crippen LogP contribution in [-0.4, -0.2) is 0 Å². The number of hydrogen-bond donors (Lipinski definition) is 1. The number of furan rings is 2. The number of fused-ring (bicyclic) bond motifs is 1. The summed E-state index contributed by atoms with van der Waals surface area (Å²) in [5.74, 6) is 0.424. The van der Waals surface area contributed by atoms with E-state index in [4.69, 9.17) is 14.6 Å². The van der Waals surface area contributed by atoms with Crippen molar-refractivity contribution in [1.82, 2.24) is 0 Å². The van der Waals surface area contributed by atoms with Gasteiger partial charge in [0.05, 0.1) is 18.6 Å². The number of nitrogens with two attached hydrogens (primary N) is 1. The fourth-order valence-corrected chi connectivity index (χ4v) is 2.32. The van der Waals surface area contributed by atoms with Crippen molar-refractivity contribution in [2.24, 2.45) is 5.73 Å². The standard InChI is InChI=1S/C15H14FNO2/c1-9-12-7-11(16)2-3-14(12)19-15(9)13(17)6-10-4-5-18-8-10/h2-5,7-8,13H,6,17H2,1H3. The van der Waals surface area contributed by atoms with Gasteiger partial charge in [0.1, 0.15) is 17.2 Å². The van der Waals surface area contributed by atoms with Crippen molar-refractivity contribution < 1.29 is 13.2 Å². The normalized spacial score (nSPS) is 13.0. The van der Waals surface area contributed by atoms with Crippen molar-refractivity contribution in [1.29, 1.82) is 0 Å². The van der Waals surface area contributed by atoms with Crippen LogP contribution < -0.4 is 5.73 Å². The highest BCUT2D eigenvalue weighted by Crippen LogP contribution is 2.30. The Morgan fingerprint density at radius 1 is 1.32 bits per heavy atom. The van der Waals surface area contributed by atoms with Crippen molar-refractivity contribution in [2.75, 3.05) is 0 Å². The van der Waals surface area contributed by atoms with Crippen molar-refractivity contribution in [3.05, 3.63) is 59.5 Å². The topological polar surface area (TPSA) is 52.3 Å². The van der Waals surface area contributed by atoms with Crippen LogP contribution in [0.3, 0.4) is 0 Å². The van der Waals surface area contributed by atoms with Gasteiger partial charge in [0.25, 0.3) is 0 Å². The van der Waals surface area contributed by atoms with Crippen LogP contribution in [-0.2, 0) is 6.42 Å². The highest BCUT2D eigenvalue weighted by Gasteiger charge is 2.18. The second kappa shape index (κ2) is 4.55. The Balaban J connectivity index is 1.98. The SMILES string of the molecule is Cc1c(C(N)Cc2ccoc2)oc2ccc(F)cc12. The third kappa shape index (κ3) is 2.15. The Labute approximate surface area is 109 Å². The van der Waals surface area contributed by atoms with E-state index in [0.717, 1.165) is 16.5 Å². The van der Waals surface area contributed by atoms with Gasteiger partial charge in [0.2, 0.25) is 0 Å². The van der Waals surface area contributed by atoms with E-state index in [0.29, 0.717) is 17.8 Å². The first-order valence-electron chi connectivity index (χ1n) is 6.10. The number of hydrogen-bond acceptors (Lipinski definition) is 3. The lowest BCUT2D eigenvalue weighted by molar-refractivity contribution is 0.487. The molecule has 2 N–H and O–H groups in total. The lowest BCUT2D eigenvalue weighted by atomic mass is 10.0. The van der Waals surface area contributed by atoms with Crippen LogP contribution in [0.4, 0.5) is 4.39 Å².